The number of piperazine rings is 1. The average molecular weight is 298 g/mol. The summed E-state index contributed by atoms with van der Waals surface area (Å²) in [7, 11) is 2.10. The van der Waals surface area contributed by atoms with Crippen molar-refractivity contribution in [1.82, 2.24) is 19.9 Å². The fourth-order valence-corrected chi connectivity index (χ4v) is 2.75. The molecule has 1 saturated heterocycles. The summed E-state index contributed by atoms with van der Waals surface area (Å²) in [5.74, 6) is 0.00644. The molecular formula is C17H22N4O. The molecule has 1 aliphatic rings. The number of hydrogen-bond donors (Lipinski definition) is 1. The lowest BCUT2D eigenvalue weighted by Gasteiger charge is -2.33. The van der Waals surface area contributed by atoms with Crippen LogP contribution in [0.2, 0.25) is 0 Å². The van der Waals surface area contributed by atoms with Gasteiger partial charge >= 0.3 is 0 Å². The lowest BCUT2D eigenvalue weighted by Crippen LogP contribution is -2.53. The van der Waals surface area contributed by atoms with Gasteiger partial charge in [0.15, 0.2) is 0 Å². The maximum atomic E-state index is 12.8. The predicted molar refractivity (Wildman–Crippen MR) is 86.2 cm³/mol. The van der Waals surface area contributed by atoms with Crippen molar-refractivity contribution in [3.63, 3.8) is 0 Å². The van der Waals surface area contributed by atoms with E-state index < -0.39 is 0 Å². The van der Waals surface area contributed by atoms with Crippen molar-refractivity contribution in [3.05, 3.63) is 60.4 Å². The van der Waals surface area contributed by atoms with E-state index in [9.17, 15) is 4.79 Å². The van der Waals surface area contributed by atoms with E-state index in [1.807, 2.05) is 64.4 Å². The largest absolute Gasteiger partial charge is 0.338 e. The Balaban J connectivity index is 1.76. The fraction of sp³-hybridized carbons (Fsp3) is 0.353. The number of amides is 1. The Bertz CT molecular complexity index is 588. The molecule has 5 heteroatoms. The zero-order chi connectivity index (χ0) is 15.4. The van der Waals surface area contributed by atoms with Crippen molar-refractivity contribution in [3.8, 4) is 0 Å². The zero-order valence-corrected chi connectivity index (χ0v) is 12.9. The molecule has 0 aliphatic carbocycles. The lowest BCUT2D eigenvalue weighted by molar-refractivity contribution is -0.128. The summed E-state index contributed by atoms with van der Waals surface area (Å²) in [6.07, 6.45) is 3.86. The van der Waals surface area contributed by atoms with Gasteiger partial charge in [0.25, 0.3) is 5.91 Å². The van der Waals surface area contributed by atoms with Crippen molar-refractivity contribution >= 4 is 5.91 Å². The molecule has 0 spiro atoms. The standard InChI is InChI=1S/C17H22N4O/c1-19-11-13-21(14-12-19)18-17(22)16(20-9-5-6-10-20)15-7-3-2-4-8-15/h2-10,16H,11-14H2,1H3,(H,18,22)/t16-/m1/s1. The molecule has 1 aromatic heterocycles. The molecule has 1 aliphatic heterocycles. The molecule has 0 bridgehead atoms. The monoisotopic (exact) mass is 298 g/mol. The molecule has 3 rings (SSSR count). The van der Waals surface area contributed by atoms with E-state index in [-0.39, 0.29) is 11.9 Å². The van der Waals surface area contributed by atoms with Crippen LogP contribution in [-0.2, 0) is 4.79 Å². The first-order valence-electron chi connectivity index (χ1n) is 7.65. The van der Waals surface area contributed by atoms with E-state index in [1.54, 1.807) is 0 Å². The summed E-state index contributed by atoms with van der Waals surface area (Å²) in [6, 6.07) is 13.4. The Kier molecular flexibility index (Phi) is 4.56. The highest BCUT2D eigenvalue weighted by Crippen LogP contribution is 2.19. The number of aromatic nitrogens is 1. The van der Waals surface area contributed by atoms with Gasteiger partial charge < -0.3 is 9.47 Å². The number of carbonyl (C=O) groups is 1. The van der Waals surface area contributed by atoms with Crippen molar-refractivity contribution in [2.24, 2.45) is 0 Å². The Morgan fingerprint density at radius 1 is 1.00 bits per heavy atom. The highest BCUT2D eigenvalue weighted by atomic mass is 16.2. The highest BCUT2D eigenvalue weighted by molar-refractivity contribution is 5.83. The molecule has 0 radical (unpaired) electrons. The minimum atomic E-state index is -0.337. The van der Waals surface area contributed by atoms with Crippen LogP contribution < -0.4 is 5.43 Å². The summed E-state index contributed by atoms with van der Waals surface area (Å²) in [5, 5.41) is 2.02. The summed E-state index contributed by atoms with van der Waals surface area (Å²) in [5.41, 5.74) is 4.06. The van der Waals surface area contributed by atoms with Gasteiger partial charge in [-0.15, -0.1) is 0 Å². The molecule has 1 N–H and O–H groups in total. The molecule has 1 fully saturated rings. The summed E-state index contributed by atoms with van der Waals surface area (Å²) < 4.78 is 1.95. The van der Waals surface area contributed by atoms with Crippen molar-refractivity contribution in [1.29, 1.82) is 0 Å². The SMILES string of the molecule is CN1CCN(NC(=O)[C@@H](c2ccccc2)n2cccc2)CC1. The van der Waals surface area contributed by atoms with E-state index in [4.69, 9.17) is 0 Å². The predicted octanol–water partition coefficient (Wildman–Crippen LogP) is 1.36. The molecule has 0 saturated carbocycles. The number of carbonyl (C=O) groups excluding carboxylic acids is 1. The molecule has 0 unspecified atom stereocenters. The first kappa shape index (κ1) is 14.8. The van der Waals surface area contributed by atoms with Crippen LogP contribution in [0, 0.1) is 0 Å². The van der Waals surface area contributed by atoms with Crippen LogP contribution in [0.25, 0.3) is 0 Å². The van der Waals surface area contributed by atoms with E-state index in [1.165, 1.54) is 0 Å². The highest BCUT2D eigenvalue weighted by Gasteiger charge is 2.24. The molecular weight excluding hydrogens is 276 g/mol. The molecule has 1 aromatic carbocycles. The van der Waals surface area contributed by atoms with E-state index in [2.05, 4.69) is 17.4 Å². The van der Waals surface area contributed by atoms with Gasteiger partial charge in [-0.05, 0) is 24.7 Å². The summed E-state index contributed by atoms with van der Waals surface area (Å²) in [6.45, 7) is 3.66. The first-order chi connectivity index (χ1) is 10.7. The molecule has 5 nitrogen and oxygen atoms in total. The molecule has 1 atom stereocenters. The van der Waals surface area contributed by atoms with Gasteiger partial charge in [0.05, 0.1) is 0 Å². The third kappa shape index (κ3) is 3.37. The Morgan fingerprint density at radius 2 is 1.64 bits per heavy atom. The first-order valence-corrected chi connectivity index (χ1v) is 7.65. The molecule has 2 heterocycles. The zero-order valence-electron chi connectivity index (χ0n) is 12.9. The number of benzene rings is 1. The van der Waals surface area contributed by atoms with Gasteiger partial charge in [-0.2, -0.15) is 0 Å². The summed E-state index contributed by atoms with van der Waals surface area (Å²) in [4.78, 5) is 15.1. The van der Waals surface area contributed by atoms with Crippen molar-refractivity contribution in [2.45, 2.75) is 6.04 Å². The number of hydrazine groups is 1. The van der Waals surface area contributed by atoms with Crippen molar-refractivity contribution in [2.75, 3.05) is 33.2 Å². The van der Waals surface area contributed by atoms with Gasteiger partial charge in [-0.3, -0.25) is 10.2 Å². The van der Waals surface area contributed by atoms with Crippen LogP contribution in [-0.4, -0.2) is 53.6 Å². The van der Waals surface area contributed by atoms with Gasteiger partial charge in [-0.1, -0.05) is 30.3 Å². The van der Waals surface area contributed by atoms with Gasteiger partial charge in [-0.25, -0.2) is 5.01 Å². The van der Waals surface area contributed by atoms with E-state index in [0.29, 0.717) is 0 Å². The average Bonchev–Trinajstić information content (AvgIpc) is 3.05. The molecule has 1 amide bonds. The number of hydrogen-bond acceptors (Lipinski definition) is 3. The third-order valence-corrected chi connectivity index (χ3v) is 4.06. The molecule has 2 aromatic rings. The van der Waals surface area contributed by atoms with Crippen LogP contribution in [0.5, 0.6) is 0 Å². The van der Waals surface area contributed by atoms with Crippen LogP contribution in [0.4, 0.5) is 0 Å². The number of nitrogens with zero attached hydrogens (tertiary/aromatic N) is 3. The van der Waals surface area contributed by atoms with Crippen molar-refractivity contribution < 1.29 is 4.79 Å². The Hall–Kier alpha value is -2.11. The smallest absolute Gasteiger partial charge is 0.261 e. The molecule has 116 valence electrons. The Morgan fingerprint density at radius 3 is 2.27 bits per heavy atom. The maximum Gasteiger partial charge on any atom is 0.261 e. The topological polar surface area (TPSA) is 40.5 Å². The number of likely N-dealkylation sites (N-methyl/N-ethyl adjacent to an activating group) is 1. The Labute approximate surface area is 131 Å². The minimum absolute atomic E-state index is 0.00644. The van der Waals surface area contributed by atoms with Crippen LogP contribution in [0.15, 0.2) is 54.9 Å². The normalized spacial score (nSPS) is 18.0. The van der Waals surface area contributed by atoms with Crippen LogP contribution >= 0.6 is 0 Å². The fourth-order valence-electron chi connectivity index (χ4n) is 2.75. The number of nitrogens with one attached hydrogen (secondary N) is 1. The number of rotatable bonds is 4. The van der Waals surface area contributed by atoms with E-state index >= 15 is 0 Å². The van der Waals surface area contributed by atoms with Gasteiger partial charge in [0.2, 0.25) is 0 Å². The maximum absolute atomic E-state index is 12.8. The van der Waals surface area contributed by atoms with Gasteiger partial charge in [0, 0.05) is 38.6 Å². The quantitative estimate of drug-likeness (QED) is 0.926. The second-order valence-electron chi connectivity index (χ2n) is 5.71. The van der Waals surface area contributed by atoms with E-state index in [0.717, 1.165) is 31.7 Å². The second-order valence-corrected chi connectivity index (χ2v) is 5.71. The van der Waals surface area contributed by atoms with Crippen LogP contribution in [0.1, 0.15) is 11.6 Å². The van der Waals surface area contributed by atoms with Crippen LogP contribution in [0.3, 0.4) is 0 Å². The van der Waals surface area contributed by atoms with Gasteiger partial charge in [0.1, 0.15) is 6.04 Å². The molecule has 22 heavy (non-hydrogen) atoms. The third-order valence-electron chi connectivity index (χ3n) is 4.06. The minimum Gasteiger partial charge on any atom is -0.338 e. The second kappa shape index (κ2) is 6.77. The lowest BCUT2D eigenvalue weighted by atomic mass is 10.1. The summed E-state index contributed by atoms with van der Waals surface area (Å²) >= 11 is 0.